The van der Waals surface area contributed by atoms with E-state index in [1.807, 2.05) is 0 Å². The van der Waals surface area contributed by atoms with Gasteiger partial charge in [0.1, 0.15) is 12.1 Å². The van der Waals surface area contributed by atoms with Crippen LogP contribution in [0, 0.1) is 5.92 Å². The van der Waals surface area contributed by atoms with Crippen LogP contribution in [0.15, 0.2) is 12.4 Å². The standard InChI is InChI=1S/C13H14F6N6O2S/c14-12(15,16)9-5-10(25-11(23-9)21-7-22-25)20-6-8-1-3-24(4-2-8)28(26,27)13(17,18)19/h5,7-8,20H,1-4,6H2. The van der Waals surface area contributed by atoms with Crippen molar-refractivity contribution < 1.29 is 34.8 Å². The first-order valence-electron chi connectivity index (χ1n) is 7.98. The van der Waals surface area contributed by atoms with E-state index >= 15 is 0 Å². The van der Waals surface area contributed by atoms with Crippen molar-refractivity contribution in [2.24, 2.45) is 5.92 Å². The number of nitrogens with one attached hydrogen (secondary N) is 1. The maximum Gasteiger partial charge on any atom is 0.511 e. The van der Waals surface area contributed by atoms with Gasteiger partial charge in [-0.05, 0) is 18.8 Å². The van der Waals surface area contributed by atoms with Crippen LogP contribution < -0.4 is 5.32 Å². The minimum atomic E-state index is -5.38. The Morgan fingerprint density at radius 3 is 2.36 bits per heavy atom. The van der Waals surface area contributed by atoms with Gasteiger partial charge in [-0.25, -0.2) is 13.4 Å². The first kappa shape index (κ1) is 20.6. The summed E-state index contributed by atoms with van der Waals surface area (Å²) in [7, 11) is -5.38. The van der Waals surface area contributed by atoms with Gasteiger partial charge in [-0.2, -0.15) is 45.2 Å². The summed E-state index contributed by atoms with van der Waals surface area (Å²) in [6, 6.07) is 0.755. The second kappa shape index (κ2) is 7.02. The molecule has 0 saturated carbocycles. The summed E-state index contributed by atoms with van der Waals surface area (Å²) in [4.78, 5) is 7.00. The van der Waals surface area contributed by atoms with Gasteiger partial charge < -0.3 is 5.32 Å². The van der Waals surface area contributed by atoms with Gasteiger partial charge in [0.05, 0.1) is 0 Å². The molecule has 1 N–H and O–H groups in total. The topological polar surface area (TPSA) is 92.5 Å². The number of rotatable bonds is 4. The first-order chi connectivity index (χ1) is 12.9. The average Bonchev–Trinajstić information content (AvgIpc) is 3.07. The van der Waals surface area contributed by atoms with Crippen molar-refractivity contribution in [2.45, 2.75) is 24.5 Å². The molecule has 0 radical (unpaired) electrons. The number of aromatic nitrogens is 4. The molecule has 28 heavy (non-hydrogen) atoms. The zero-order chi connectivity index (χ0) is 20.7. The van der Waals surface area contributed by atoms with Gasteiger partial charge >= 0.3 is 21.7 Å². The van der Waals surface area contributed by atoms with E-state index in [1.54, 1.807) is 0 Å². The predicted octanol–water partition coefficient (Wildman–Crippen LogP) is 2.12. The second-order valence-electron chi connectivity index (χ2n) is 6.17. The molecule has 0 bridgehead atoms. The average molecular weight is 432 g/mol. The van der Waals surface area contributed by atoms with E-state index in [0.717, 1.165) is 16.9 Å². The maximum atomic E-state index is 12.9. The third-order valence-electron chi connectivity index (χ3n) is 4.32. The van der Waals surface area contributed by atoms with Gasteiger partial charge in [-0.3, -0.25) is 0 Å². The van der Waals surface area contributed by atoms with Crippen LogP contribution in [-0.2, 0) is 16.2 Å². The molecule has 3 rings (SSSR count). The molecular weight excluding hydrogens is 418 g/mol. The minimum Gasteiger partial charge on any atom is -0.370 e. The summed E-state index contributed by atoms with van der Waals surface area (Å²) >= 11 is 0. The molecule has 3 heterocycles. The summed E-state index contributed by atoms with van der Waals surface area (Å²) in [6.07, 6.45) is -3.41. The smallest absolute Gasteiger partial charge is 0.370 e. The molecule has 15 heteroatoms. The molecule has 0 unspecified atom stereocenters. The van der Waals surface area contributed by atoms with E-state index in [-0.39, 0.29) is 50.0 Å². The third kappa shape index (κ3) is 3.99. The molecule has 156 valence electrons. The zero-order valence-electron chi connectivity index (χ0n) is 14.0. The molecule has 2 aromatic heterocycles. The molecule has 0 aromatic carbocycles. The van der Waals surface area contributed by atoms with Crippen molar-refractivity contribution in [3.8, 4) is 0 Å². The summed E-state index contributed by atoms with van der Waals surface area (Å²) < 4.78 is 101. The lowest BCUT2D eigenvalue weighted by atomic mass is 9.98. The quantitative estimate of drug-likeness (QED) is 0.745. The van der Waals surface area contributed by atoms with Crippen molar-refractivity contribution in [3.63, 3.8) is 0 Å². The molecule has 1 fully saturated rings. The Bertz CT molecular complexity index is 949. The number of fused-ring (bicyclic) bond motifs is 1. The second-order valence-corrected chi connectivity index (χ2v) is 8.10. The zero-order valence-corrected chi connectivity index (χ0v) is 14.8. The molecule has 0 atom stereocenters. The molecule has 0 amide bonds. The lowest BCUT2D eigenvalue weighted by Gasteiger charge is -2.31. The number of sulfonamides is 1. The molecule has 1 saturated heterocycles. The first-order valence-corrected chi connectivity index (χ1v) is 9.42. The fourth-order valence-corrected chi connectivity index (χ4v) is 3.82. The number of alkyl halides is 6. The molecular formula is C13H14F6N6O2S. The number of nitrogens with zero attached hydrogens (tertiary/aromatic N) is 5. The molecule has 0 aliphatic carbocycles. The number of halogens is 6. The Morgan fingerprint density at radius 1 is 1.14 bits per heavy atom. The third-order valence-corrected chi connectivity index (χ3v) is 5.95. The van der Waals surface area contributed by atoms with E-state index in [0.29, 0.717) is 4.31 Å². The minimum absolute atomic E-state index is 0.0276. The Morgan fingerprint density at radius 2 is 1.79 bits per heavy atom. The Hall–Kier alpha value is -2.16. The Kier molecular flexibility index (Phi) is 5.16. The van der Waals surface area contributed by atoms with Crippen LogP contribution in [0.3, 0.4) is 0 Å². The Labute approximate surface area is 154 Å². The fourth-order valence-electron chi connectivity index (χ4n) is 2.83. The SMILES string of the molecule is O=S(=O)(N1CCC(CNc2cc(C(F)(F)F)nc3ncnn23)CC1)C(F)(F)F. The van der Waals surface area contributed by atoms with E-state index in [1.165, 1.54) is 0 Å². The van der Waals surface area contributed by atoms with Crippen LogP contribution in [-0.4, -0.2) is 57.4 Å². The summed E-state index contributed by atoms with van der Waals surface area (Å²) in [5.74, 6) is -0.524. The number of anilines is 1. The maximum absolute atomic E-state index is 12.9. The molecule has 1 aliphatic heterocycles. The highest BCUT2D eigenvalue weighted by molar-refractivity contribution is 7.90. The molecule has 0 spiro atoms. The number of hydrogen-bond donors (Lipinski definition) is 1. The lowest BCUT2D eigenvalue weighted by molar-refractivity contribution is -0.141. The number of piperidine rings is 1. The van der Waals surface area contributed by atoms with Gasteiger partial charge in [0.2, 0.25) is 0 Å². The van der Waals surface area contributed by atoms with E-state index in [9.17, 15) is 34.8 Å². The van der Waals surface area contributed by atoms with Crippen LogP contribution in [0.4, 0.5) is 32.2 Å². The highest BCUT2D eigenvalue weighted by Gasteiger charge is 2.50. The van der Waals surface area contributed by atoms with Gasteiger partial charge in [0.25, 0.3) is 5.78 Å². The van der Waals surface area contributed by atoms with Gasteiger partial charge in [-0.15, -0.1) is 0 Å². The van der Waals surface area contributed by atoms with Crippen LogP contribution in [0.5, 0.6) is 0 Å². The van der Waals surface area contributed by atoms with Crippen LogP contribution in [0.25, 0.3) is 5.78 Å². The van der Waals surface area contributed by atoms with Crippen molar-refractivity contribution in [1.82, 2.24) is 23.9 Å². The van der Waals surface area contributed by atoms with Crippen molar-refractivity contribution >= 4 is 21.6 Å². The van der Waals surface area contributed by atoms with Crippen LogP contribution in [0.2, 0.25) is 0 Å². The molecule has 2 aromatic rings. The normalized spacial score (nSPS) is 17.9. The summed E-state index contributed by atoms with van der Waals surface area (Å²) in [5, 5.41) is 6.55. The van der Waals surface area contributed by atoms with Gasteiger partial charge in [-0.1, -0.05) is 0 Å². The molecule has 1 aliphatic rings. The van der Waals surface area contributed by atoms with E-state index in [4.69, 9.17) is 0 Å². The van der Waals surface area contributed by atoms with Crippen LogP contribution >= 0.6 is 0 Å². The van der Waals surface area contributed by atoms with Crippen LogP contribution in [0.1, 0.15) is 18.5 Å². The largest absolute Gasteiger partial charge is 0.511 e. The Balaban J connectivity index is 1.67. The predicted molar refractivity (Wildman–Crippen MR) is 83.5 cm³/mol. The number of hydrogen-bond acceptors (Lipinski definition) is 6. The monoisotopic (exact) mass is 432 g/mol. The van der Waals surface area contributed by atoms with E-state index < -0.39 is 27.4 Å². The highest BCUT2D eigenvalue weighted by Crippen LogP contribution is 2.31. The molecule has 8 nitrogen and oxygen atoms in total. The fraction of sp³-hybridized carbons (Fsp3) is 0.615. The summed E-state index contributed by atoms with van der Waals surface area (Å²) in [5.41, 5.74) is -6.52. The van der Waals surface area contributed by atoms with Crippen molar-refractivity contribution in [1.29, 1.82) is 0 Å². The lowest BCUT2D eigenvalue weighted by Crippen LogP contribution is -2.45. The van der Waals surface area contributed by atoms with Crippen molar-refractivity contribution in [2.75, 3.05) is 25.0 Å². The van der Waals surface area contributed by atoms with Gasteiger partial charge in [0, 0.05) is 25.7 Å². The highest BCUT2D eigenvalue weighted by atomic mass is 32.2. The van der Waals surface area contributed by atoms with E-state index in [2.05, 4.69) is 20.4 Å². The van der Waals surface area contributed by atoms with Gasteiger partial charge in [0.15, 0.2) is 5.69 Å². The summed E-state index contributed by atoms with van der Waals surface area (Å²) in [6.45, 7) is -0.523. The van der Waals surface area contributed by atoms with Crippen molar-refractivity contribution in [3.05, 3.63) is 18.1 Å².